The number of hydrogen-bond donors (Lipinski definition) is 1. The van der Waals surface area contributed by atoms with E-state index in [9.17, 15) is 23.1 Å². The smallest absolute Gasteiger partial charge is 0.478 e. The van der Waals surface area contributed by atoms with Crippen LogP contribution in [0.4, 0.5) is 19.2 Å². The van der Waals surface area contributed by atoms with Crippen molar-refractivity contribution in [3.05, 3.63) is 64.4 Å². The maximum atomic E-state index is 13.1. The Hall–Kier alpha value is -4.10. The zero-order valence-corrected chi connectivity index (χ0v) is 23.8. The highest BCUT2D eigenvalue weighted by Crippen LogP contribution is 2.46. The van der Waals surface area contributed by atoms with Crippen molar-refractivity contribution < 1.29 is 41.5 Å². The fraction of sp³-hybridized carbons (Fsp3) is 0.400. The van der Waals surface area contributed by atoms with Crippen molar-refractivity contribution in [2.24, 2.45) is 0 Å². The molecular formula is C30H26ClF3N4O6. The normalized spacial score (nSPS) is 21.5. The van der Waals surface area contributed by atoms with Gasteiger partial charge in [-0.15, -0.1) is 18.3 Å². The quantitative estimate of drug-likeness (QED) is 0.202. The minimum Gasteiger partial charge on any atom is -0.478 e. The number of nitrogens with zero attached hydrogens (tertiary/aromatic N) is 4. The van der Waals surface area contributed by atoms with Crippen LogP contribution in [0.15, 0.2) is 51.4 Å². The summed E-state index contributed by atoms with van der Waals surface area (Å²) in [6, 6.07) is 10.9. The van der Waals surface area contributed by atoms with Crippen LogP contribution in [-0.4, -0.2) is 51.0 Å². The molecule has 7 rings (SSSR count). The third-order valence-corrected chi connectivity index (χ3v) is 8.68. The van der Waals surface area contributed by atoms with E-state index >= 15 is 0 Å². The van der Waals surface area contributed by atoms with Crippen LogP contribution in [0.3, 0.4) is 0 Å². The van der Waals surface area contributed by atoms with Crippen LogP contribution in [-0.2, 0) is 11.3 Å². The zero-order chi connectivity index (χ0) is 30.6. The van der Waals surface area contributed by atoms with E-state index in [1.54, 1.807) is 12.1 Å². The fourth-order valence-corrected chi connectivity index (χ4v) is 6.51. The summed E-state index contributed by atoms with van der Waals surface area (Å²) in [4.78, 5) is 13.4. The number of alkyl halides is 3. The molecule has 3 fully saturated rings. The van der Waals surface area contributed by atoms with Gasteiger partial charge in [0.15, 0.2) is 0 Å². The van der Waals surface area contributed by atoms with Crippen LogP contribution in [0, 0.1) is 0 Å². The molecule has 2 saturated heterocycles. The fourth-order valence-electron chi connectivity index (χ4n) is 6.25. The van der Waals surface area contributed by atoms with Gasteiger partial charge in [-0.1, -0.05) is 34.0 Å². The van der Waals surface area contributed by atoms with Gasteiger partial charge in [-0.2, -0.15) is 0 Å². The average Bonchev–Trinajstić information content (AvgIpc) is 3.44. The van der Waals surface area contributed by atoms with Crippen LogP contribution < -0.4 is 9.64 Å². The number of piperidine rings is 1. The number of hydrogen-bond acceptors (Lipinski definition) is 9. The summed E-state index contributed by atoms with van der Waals surface area (Å²) < 4.78 is 61.7. The van der Waals surface area contributed by atoms with E-state index < -0.39 is 12.3 Å². The van der Waals surface area contributed by atoms with E-state index in [0.717, 1.165) is 25.7 Å². The molecule has 2 aliphatic heterocycles. The lowest BCUT2D eigenvalue weighted by molar-refractivity contribution is -0.274. The second-order valence-corrected chi connectivity index (χ2v) is 11.7. The summed E-state index contributed by atoms with van der Waals surface area (Å²) in [7, 11) is 0. The van der Waals surface area contributed by atoms with Gasteiger partial charge in [0, 0.05) is 34.7 Å². The molecule has 0 amide bonds. The molecule has 3 aliphatic rings. The molecule has 1 saturated carbocycles. The molecule has 14 heteroatoms. The molecule has 4 heterocycles. The molecule has 2 aromatic carbocycles. The minimum atomic E-state index is -4.85. The summed E-state index contributed by atoms with van der Waals surface area (Å²) in [6.45, 7) is 0.146. The standard InChI is InChI=1S/C30H26ClF3N4O6/c31-23-11-16(7-10-20(23)28(39)40)27-35-36-29(42-27)38-17-8-9-18(38)13-19(12-17)41-14-22-25(37-44-26(22)15-5-6-15)21-3-1-2-4-24(21)43-30(32,33)34/h1-4,7,10-11,15,17-19H,5-6,8-9,12-14H2,(H,39,40)/t17-,18+,19+. The number of rotatable bonds is 9. The van der Waals surface area contributed by atoms with Gasteiger partial charge >= 0.3 is 18.3 Å². The molecule has 3 atom stereocenters. The maximum Gasteiger partial charge on any atom is 0.573 e. The Morgan fingerprint density at radius 3 is 2.50 bits per heavy atom. The number of carboxylic acid groups (broad SMARTS) is 1. The van der Waals surface area contributed by atoms with Gasteiger partial charge in [-0.25, -0.2) is 4.79 Å². The minimum absolute atomic E-state index is 0.0169. The number of ether oxygens (including phenoxy) is 2. The van der Waals surface area contributed by atoms with Gasteiger partial charge in [-0.05, 0) is 68.9 Å². The molecular weight excluding hydrogens is 605 g/mol. The van der Waals surface area contributed by atoms with Crippen LogP contribution in [0.1, 0.15) is 66.1 Å². The number of halogens is 4. The Labute approximate surface area is 253 Å². The monoisotopic (exact) mass is 630 g/mol. The van der Waals surface area contributed by atoms with Crippen molar-refractivity contribution in [3.63, 3.8) is 0 Å². The van der Waals surface area contributed by atoms with Crippen LogP contribution in [0.25, 0.3) is 22.7 Å². The van der Waals surface area contributed by atoms with Crippen LogP contribution in [0.2, 0.25) is 5.02 Å². The number of benzene rings is 2. The Bertz CT molecular complexity index is 1690. The maximum absolute atomic E-state index is 13.1. The predicted molar refractivity (Wildman–Crippen MR) is 149 cm³/mol. The van der Waals surface area contributed by atoms with Gasteiger partial charge in [-0.3, -0.25) is 0 Å². The molecule has 10 nitrogen and oxygen atoms in total. The summed E-state index contributed by atoms with van der Waals surface area (Å²) in [5.74, 6) is -0.414. The number of anilines is 1. The summed E-state index contributed by atoms with van der Waals surface area (Å²) >= 11 is 6.12. The Morgan fingerprint density at radius 1 is 1.07 bits per heavy atom. The van der Waals surface area contributed by atoms with E-state index in [1.807, 2.05) is 0 Å². The van der Waals surface area contributed by atoms with Crippen molar-refractivity contribution in [2.45, 2.75) is 75.6 Å². The second kappa shape index (κ2) is 11.1. The summed E-state index contributed by atoms with van der Waals surface area (Å²) in [5.41, 5.74) is 1.64. The number of aromatic carboxylic acids is 1. The highest BCUT2D eigenvalue weighted by atomic mass is 35.5. The van der Waals surface area contributed by atoms with Gasteiger partial charge in [0.05, 0.1) is 23.3 Å². The molecule has 2 bridgehead atoms. The molecule has 0 spiro atoms. The predicted octanol–water partition coefficient (Wildman–Crippen LogP) is 7.24. The summed E-state index contributed by atoms with van der Waals surface area (Å²) in [6.07, 6.45) is 0.108. The Morgan fingerprint density at radius 2 is 1.82 bits per heavy atom. The van der Waals surface area contributed by atoms with Crippen molar-refractivity contribution in [2.75, 3.05) is 4.90 Å². The van der Waals surface area contributed by atoms with E-state index in [4.69, 9.17) is 25.3 Å². The Kier molecular flexibility index (Phi) is 7.24. The molecule has 0 radical (unpaired) electrons. The first-order valence-electron chi connectivity index (χ1n) is 14.2. The van der Waals surface area contributed by atoms with E-state index in [-0.39, 0.29) is 58.5 Å². The number of aromatic nitrogens is 3. The van der Waals surface area contributed by atoms with E-state index in [0.29, 0.717) is 41.4 Å². The van der Waals surface area contributed by atoms with Crippen molar-refractivity contribution in [3.8, 4) is 28.5 Å². The molecule has 4 aromatic rings. The lowest BCUT2D eigenvalue weighted by atomic mass is 9.99. The van der Waals surface area contributed by atoms with Gasteiger partial charge in [0.1, 0.15) is 17.2 Å². The molecule has 0 unspecified atom stereocenters. The average molecular weight is 631 g/mol. The van der Waals surface area contributed by atoms with Crippen LogP contribution >= 0.6 is 11.6 Å². The molecule has 1 aliphatic carbocycles. The third-order valence-electron chi connectivity index (χ3n) is 8.37. The Balaban J connectivity index is 1.06. The van der Waals surface area contributed by atoms with Crippen molar-refractivity contribution in [1.29, 1.82) is 0 Å². The third kappa shape index (κ3) is 5.61. The largest absolute Gasteiger partial charge is 0.573 e. The zero-order valence-electron chi connectivity index (χ0n) is 23.1. The van der Waals surface area contributed by atoms with Crippen molar-refractivity contribution in [1.82, 2.24) is 15.4 Å². The first-order chi connectivity index (χ1) is 21.1. The highest BCUT2D eigenvalue weighted by molar-refractivity contribution is 6.33. The van der Waals surface area contributed by atoms with E-state index in [2.05, 4.69) is 25.0 Å². The highest BCUT2D eigenvalue weighted by Gasteiger charge is 2.44. The second-order valence-electron chi connectivity index (χ2n) is 11.3. The van der Waals surface area contributed by atoms with Crippen LogP contribution in [0.5, 0.6) is 5.75 Å². The SMILES string of the molecule is O=C(O)c1ccc(-c2nnc(N3[C@@H]4CC[C@H]3C[C@@H](OCc3c(-c5ccccc5OC(F)(F)F)noc3C3CC3)C4)o2)cc1Cl. The van der Waals surface area contributed by atoms with Gasteiger partial charge in [0.25, 0.3) is 0 Å². The first-order valence-corrected chi connectivity index (χ1v) is 14.6. The molecule has 2 aromatic heterocycles. The van der Waals surface area contributed by atoms with E-state index in [1.165, 1.54) is 30.3 Å². The lowest BCUT2D eigenvalue weighted by Gasteiger charge is -2.37. The number of carbonyl (C=O) groups is 1. The number of carboxylic acids is 1. The topological polar surface area (TPSA) is 124 Å². The molecule has 230 valence electrons. The molecule has 44 heavy (non-hydrogen) atoms. The first kappa shape index (κ1) is 28.7. The van der Waals surface area contributed by atoms with Gasteiger partial charge < -0.3 is 28.4 Å². The van der Waals surface area contributed by atoms with Crippen molar-refractivity contribution >= 4 is 23.6 Å². The van der Waals surface area contributed by atoms with Gasteiger partial charge in [0.2, 0.25) is 5.89 Å². The summed E-state index contributed by atoms with van der Waals surface area (Å²) in [5, 5.41) is 21.9. The number of para-hydroxylation sites is 1. The molecule has 1 N–H and O–H groups in total. The lowest BCUT2D eigenvalue weighted by Crippen LogP contribution is -2.45. The number of fused-ring (bicyclic) bond motifs is 2.